The second kappa shape index (κ2) is 13.4. The molecule has 222 valence electrons. The highest BCUT2D eigenvalue weighted by Gasteiger charge is 2.42. The fourth-order valence-electron chi connectivity index (χ4n) is 6.36. The van der Waals surface area contributed by atoms with Gasteiger partial charge in [-0.2, -0.15) is 5.10 Å². The Hall–Kier alpha value is -3.94. The maximum Gasteiger partial charge on any atom is 0.251 e. The van der Waals surface area contributed by atoms with Crippen molar-refractivity contribution in [3.05, 3.63) is 65.7 Å². The van der Waals surface area contributed by atoms with Crippen molar-refractivity contribution in [3.8, 4) is 16.9 Å². The lowest BCUT2D eigenvalue weighted by Gasteiger charge is -2.40. The van der Waals surface area contributed by atoms with E-state index in [2.05, 4.69) is 28.9 Å². The summed E-state index contributed by atoms with van der Waals surface area (Å²) in [5.74, 6) is 0.315. The van der Waals surface area contributed by atoms with Crippen LogP contribution < -0.4 is 15.4 Å². The van der Waals surface area contributed by atoms with Crippen LogP contribution in [0.25, 0.3) is 11.1 Å². The lowest BCUT2D eigenvalue weighted by atomic mass is 9.76. The van der Waals surface area contributed by atoms with Gasteiger partial charge in [0.15, 0.2) is 0 Å². The lowest BCUT2D eigenvalue weighted by Crippen LogP contribution is -2.49. The second-order valence-electron chi connectivity index (χ2n) is 11.9. The largest absolute Gasteiger partial charge is 0.496 e. The third-order valence-corrected chi connectivity index (χ3v) is 8.53. The number of methoxy groups -OCH3 is 1. The van der Waals surface area contributed by atoms with Gasteiger partial charge in [-0.25, -0.2) is 5.01 Å². The summed E-state index contributed by atoms with van der Waals surface area (Å²) in [5, 5.41) is 12.4. The number of allylic oxidation sites excluding steroid dienone is 2. The minimum atomic E-state index is -0.308. The summed E-state index contributed by atoms with van der Waals surface area (Å²) in [6.07, 6.45) is 12.6. The fourth-order valence-corrected chi connectivity index (χ4v) is 6.36. The van der Waals surface area contributed by atoms with E-state index in [0.29, 0.717) is 5.56 Å². The highest BCUT2D eigenvalue weighted by Crippen LogP contribution is 2.39. The first kappa shape index (κ1) is 29.5. The van der Waals surface area contributed by atoms with Gasteiger partial charge in [0, 0.05) is 23.1 Å². The zero-order valence-corrected chi connectivity index (χ0v) is 24.9. The smallest absolute Gasteiger partial charge is 0.251 e. The van der Waals surface area contributed by atoms with Crippen LogP contribution in [0.5, 0.6) is 5.75 Å². The number of nitrogens with zero attached hydrogens (tertiary/aromatic N) is 2. The van der Waals surface area contributed by atoms with E-state index in [-0.39, 0.29) is 48.2 Å². The van der Waals surface area contributed by atoms with E-state index in [0.717, 1.165) is 66.7 Å². The minimum absolute atomic E-state index is 0.0137. The number of amides is 3. The number of hydrogen-bond acceptors (Lipinski definition) is 5. The number of hydrogen-bond donors (Lipinski definition) is 2. The Kier molecular flexibility index (Phi) is 9.40. The molecule has 0 spiro atoms. The normalized spacial score (nSPS) is 20.9. The van der Waals surface area contributed by atoms with Crippen molar-refractivity contribution in [2.24, 2.45) is 16.9 Å². The zero-order chi connectivity index (χ0) is 29.6. The number of nitrogens with one attached hydrogen (secondary N) is 2. The molecule has 8 heteroatoms. The number of carbonyl (C=O) groups is 3. The van der Waals surface area contributed by atoms with Crippen LogP contribution in [-0.4, -0.2) is 54.2 Å². The molecule has 5 rings (SSSR count). The SMILES string of the molecule is COc1ccc(C2=NN(C3CCCCCC3)C(=O)[C@@H]3CC=CC[C@H]23)cc1-c1ccc(C(=O)NCC(=O)NC(C)C)cc1. The van der Waals surface area contributed by atoms with Gasteiger partial charge in [-0.15, -0.1) is 0 Å². The van der Waals surface area contributed by atoms with E-state index in [1.165, 1.54) is 12.8 Å². The molecule has 1 saturated carbocycles. The van der Waals surface area contributed by atoms with Gasteiger partial charge in [0.05, 0.1) is 31.3 Å². The Morgan fingerprint density at radius 1 is 0.952 bits per heavy atom. The van der Waals surface area contributed by atoms with Gasteiger partial charge in [0.25, 0.3) is 5.91 Å². The molecule has 8 nitrogen and oxygen atoms in total. The quantitative estimate of drug-likeness (QED) is 0.325. The number of hydrazone groups is 1. The third kappa shape index (κ3) is 6.58. The first-order chi connectivity index (χ1) is 20.4. The summed E-state index contributed by atoms with van der Waals surface area (Å²) in [5.41, 5.74) is 4.21. The number of rotatable bonds is 8. The first-order valence-electron chi connectivity index (χ1n) is 15.3. The first-order valence-corrected chi connectivity index (χ1v) is 15.3. The molecular formula is C34H42N4O4. The number of carbonyl (C=O) groups excluding carboxylic acids is 3. The standard InChI is InChI=1S/C34H42N4O4/c1-22(2)36-31(39)21-35-33(40)24-16-14-23(15-17-24)29-20-25(18-19-30(29)42-3)32-27-12-8-9-13-28(27)34(41)38(37-32)26-10-6-4-5-7-11-26/h8-9,14-20,22,26-28H,4-7,10-13,21H2,1-3H3,(H,35,40)(H,36,39)/t27-,28+/m0/s1. The van der Waals surface area contributed by atoms with Crippen LogP contribution in [-0.2, 0) is 9.59 Å². The van der Waals surface area contributed by atoms with Gasteiger partial charge in [0.2, 0.25) is 11.8 Å². The number of fused-ring (bicyclic) bond motifs is 1. The molecule has 1 aliphatic heterocycles. The van der Waals surface area contributed by atoms with Crippen molar-refractivity contribution in [2.75, 3.05) is 13.7 Å². The topological polar surface area (TPSA) is 100 Å². The molecule has 2 aromatic rings. The van der Waals surface area contributed by atoms with Crippen LogP contribution in [0.1, 0.15) is 81.1 Å². The Labute approximate surface area is 248 Å². The fraction of sp³-hybridized carbons (Fsp3) is 0.471. The van der Waals surface area contributed by atoms with Crippen molar-refractivity contribution in [1.29, 1.82) is 0 Å². The molecule has 2 aromatic carbocycles. The van der Waals surface area contributed by atoms with Crippen LogP contribution in [0.15, 0.2) is 59.7 Å². The molecule has 2 aliphatic carbocycles. The van der Waals surface area contributed by atoms with Crippen molar-refractivity contribution in [2.45, 2.75) is 77.3 Å². The summed E-state index contributed by atoms with van der Waals surface area (Å²) in [6.45, 7) is 3.68. The van der Waals surface area contributed by atoms with Crippen LogP contribution in [0.2, 0.25) is 0 Å². The van der Waals surface area contributed by atoms with Gasteiger partial charge < -0.3 is 15.4 Å². The van der Waals surface area contributed by atoms with Gasteiger partial charge >= 0.3 is 0 Å². The van der Waals surface area contributed by atoms with E-state index in [4.69, 9.17) is 9.84 Å². The summed E-state index contributed by atoms with van der Waals surface area (Å²) in [4.78, 5) is 38.2. The maximum absolute atomic E-state index is 13.7. The Bertz CT molecular complexity index is 1360. The van der Waals surface area contributed by atoms with E-state index in [9.17, 15) is 14.4 Å². The predicted molar refractivity (Wildman–Crippen MR) is 164 cm³/mol. The van der Waals surface area contributed by atoms with Gasteiger partial charge in [0.1, 0.15) is 5.75 Å². The average molecular weight is 571 g/mol. The Morgan fingerprint density at radius 2 is 1.62 bits per heavy atom. The molecular weight excluding hydrogens is 528 g/mol. The second-order valence-corrected chi connectivity index (χ2v) is 11.9. The maximum atomic E-state index is 13.7. The molecule has 1 heterocycles. The third-order valence-electron chi connectivity index (χ3n) is 8.53. The molecule has 2 atom stereocenters. The molecule has 0 bridgehead atoms. The average Bonchev–Trinajstić information content (AvgIpc) is 3.29. The molecule has 0 saturated heterocycles. The molecule has 0 aromatic heterocycles. The van der Waals surface area contributed by atoms with Crippen LogP contribution in [0.4, 0.5) is 0 Å². The molecule has 3 amide bonds. The Morgan fingerprint density at radius 3 is 2.29 bits per heavy atom. The number of benzene rings is 2. The summed E-state index contributed by atoms with van der Waals surface area (Å²) < 4.78 is 5.73. The Balaban J connectivity index is 1.43. The van der Waals surface area contributed by atoms with E-state index < -0.39 is 0 Å². The van der Waals surface area contributed by atoms with Gasteiger partial charge in [-0.05, 0) is 81.0 Å². The van der Waals surface area contributed by atoms with Crippen LogP contribution in [0, 0.1) is 11.8 Å². The van der Waals surface area contributed by atoms with Crippen LogP contribution >= 0.6 is 0 Å². The van der Waals surface area contributed by atoms with Crippen LogP contribution in [0.3, 0.4) is 0 Å². The number of ether oxygens (including phenoxy) is 1. The van der Waals surface area contributed by atoms with Crippen molar-refractivity contribution in [3.63, 3.8) is 0 Å². The molecule has 0 radical (unpaired) electrons. The highest BCUT2D eigenvalue weighted by molar-refractivity contribution is 6.08. The van der Waals surface area contributed by atoms with E-state index >= 15 is 0 Å². The zero-order valence-electron chi connectivity index (χ0n) is 24.9. The van der Waals surface area contributed by atoms with Crippen molar-refractivity contribution >= 4 is 23.4 Å². The van der Waals surface area contributed by atoms with Gasteiger partial charge in [-0.3, -0.25) is 14.4 Å². The van der Waals surface area contributed by atoms with Crippen molar-refractivity contribution in [1.82, 2.24) is 15.6 Å². The molecule has 3 aliphatic rings. The molecule has 1 fully saturated rings. The van der Waals surface area contributed by atoms with E-state index in [1.54, 1.807) is 19.2 Å². The monoisotopic (exact) mass is 570 g/mol. The molecule has 0 unspecified atom stereocenters. The summed E-state index contributed by atoms with van der Waals surface area (Å²) in [7, 11) is 1.65. The lowest BCUT2D eigenvalue weighted by molar-refractivity contribution is -0.140. The van der Waals surface area contributed by atoms with E-state index in [1.807, 2.05) is 43.1 Å². The molecule has 2 N–H and O–H groups in total. The highest BCUT2D eigenvalue weighted by atomic mass is 16.5. The predicted octanol–water partition coefficient (Wildman–Crippen LogP) is 5.47. The summed E-state index contributed by atoms with van der Waals surface area (Å²) >= 11 is 0. The molecule has 42 heavy (non-hydrogen) atoms. The summed E-state index contributed by atoms with van der Waals surface area (Å²) in [6, 6.07) is 13.6. The van der Waals surface area contributed by atoms with Crippen molar-refractivity contribution < 1.29 is 19.1 Å². The van der Waals surface area contributed by atoms with Gasteiger partial charge in [-0.1, -0.05) is 50.0 Å². The minimum Gasteiger partial charge on any atom is -0.496 e.